The van der Waals surface area contributed by atoms with Gasteiger partial charge in [0.15, 0.2) is 5.82 Å². The summed E-state index contributed by atoms with van der Waals surface area (Å²) in [6.07, 6.45) is 3.61. The average Bonchev–Trinajstić information content (AvgIpc) is 2.86. The van der Waals surface area contributed by atoms with Gasteiger partial charge in [0.05, 0.1) is 13.1 Å². The Bertz CT molecular complexity index is 410. The van der Waals surface area contributed by atoms with Crippen LogP contribution >= 0.6 is 0 Å². The van der Waals surface area contributed by atoms with E-state index in [0.717, 1.165) is 38.3 Å². The van der Waals surface area contributed by atoms with Crippen LogP contribution in [-0.2, 0) is 17.9 Å². The van der Waals surface area contributed by atoms with Crippen LogP contribution in [0, 0.1) is 0 Å². The monoisotopic (exact) mass is 266 g/mol. The molecule has 0 aromatic carbocycles. The maximum absolute atomic E-state index is 11.8. The van der Waals surface area contributed by atoms with Crippen molar-refractivity contribution in [2.45, 2.75) is 38.9 Å². The minimum atomic E-state index is 0.0288. The molecule has 0 aliphatic carbocycles. The number of hydrogen-bond acceptors (Lipinski definition) is 5. The van der Waals surface area contributed by atoms with E-state index < -0.39 is 0 Å². The molecule has 1 aromatic heterocycles. The molecule has 1 aliphatic heterocycles. The molecule has 0 spiro atoms. The number of nitrogens with zero attached hydrogens (tertiary/aromatic N) is 4. The van der Waals surface area contributed by atoms with Gasteiger partial charge in [0, 0.05) is 25.7 Å². The second kappa shape index (κ2) is 6.63. The first-order chi connectivity index (χ1) is 9.19. The standard InChI is InChI=1S/C12H22N6O/c1-2-18-9-15-16-11(18)7-14-12(19)8-17-5-3-10(13)4-6-17/h9-10H,2-8,13H2,1H3,(H,14,19). The lowest BCUT2D eigenvalue weighted by Crippen LogP contribution is -2.44. The number of nitrogens with two attached hydrogens (primary N) is 1. The molecule has 19 heavy (non-hydrogen) atoms. The zero-order valence-electron chi connectivity index (χ0n) is 11.4. The SMILES string of the molecule is CCn1cnnc1CNC(=O)CN1CCC(N)CC1. The lowest BCUT2D eigenvalue weighted by molar-refractivity contribution is -0.122. The Morgan fingerprint density at radius 1 is 1.53 bits per heavy atom. The van der Waals surface area contributed by atoms with Gasteiger partial charge in [-0.15, -0.1) is 10.2 Å². The van der Waals surface area contributed by atoms with Crippen molar-refractivity contribution in [2.24, 2.45) is 5.73 Å². The fourth-order valence-electron chi connectivity index (χ4n) is 2.23. The maximum atomic E-state index is 11.8. The van der Waals surface area contributed by atoms with E-state index >= 15 is 0 Å². The van der Waals surface area contributed by atoms with Crippen LogP contribution in [0.5, 0.6) is 0 Å². The van der Waals surface area contributed by atoms with Crippen LogP contribution in [0.4, 0.5) is 0 Å². The zero-order valence-corrected chi connectivity index (χ0v) is 11.4. The van der Waals surface area contributed by atoms with Crippen LogP contribution in [0.2, 0.25) is 0 Å². The van der Waals surface area contributed by atoms with E-state index in [1.165, 1.54) is 0 Å². The number of nitrogens with one attached hydrogen (secondary N) is 1. The van der Waals surface area contributed by atoms with Crippen molar-refractivity contribution >= 4 is 5.91 Å². The molecule has 1 saturated heterocycles. The number of likely N-dealkylation sites (tertiary alicyclic amines) is 1. The van der Waals surface area contributed by atoms with Crippen LogP contribution < -0.4 is 11.1 Å². The Labute approximate surface area is 113 Å². The molecule has 0 radical (unpaired) electrons. The highest BCUT2D eigenvalue weighted by atomic mass is 16.2. The molecule has 0 bridgehead atoms. The van der Waals surface area contributed by atoms with Crippen molar-refractivity contribution in [2.75, 3.05) is 19.6 Å². The molecule has 1 amide bonds. The number of rotatable bonds is 5. The van der Waals surface area contributed by atoms with Gasteiger partial charge in [0.2, 0.25) is 5.91 Å². The number of aromatic nitrogens is 3. The van der Waals surface area contributed by atoms with Crippen molar-refractivity contribution in [1.82, 2.24) is 25.0 Å². The van der Waals surface area contributed by atoms with Gasteiger partial charge in [-0.25, -0.2) is 0 Å². The molecule has 0 saturated carbocycles. The van der Waals surface area contributed by atoms with Crippen LogP contribution in [0.25, 0.3) is 0 Å². The van der Waals surface area contributed by atoms with Crippen molar-refractivity contribution < 1.29 is 4.79 Å². The quantitative estimate of drug-likeness (QED) is 0.738. The summed E-state index contributed by atoms with van der Waals surface area (Å²) in [5.74, 6) is 0.817. The summed E-state index contributed by atoms with van der Waals surface area (Å²) in [7, 11) is 0. The van der Waals surface area contributed by atoms with Crippen LogP contribution in [0.3, 0.4) is 0 Å². The molecule has 2 heterocycles. The molecule has 1 aromatic rings. The Morgan fingerprint density at radius 2 is 2.26 bits per heavy atom. The Hall–Kier alpha value is -1.47. The first-order valence-electron chi connectivity index (χ1n) is 6.80. The highest BCUT2D eigenvalue weighted by Gasteiger charge is 2.18. The number of carbonyl (C=O) groups excluding carboxylic acids is 1. The molecule has 0 unspecified atom stereocenters. The van der Waals surface area contributed by atoms with E-state index in [9.17, 15) is 4.79 Å². The van der Waals surface area contributed by atoms with Gasteiger partial charge in [-0.3, -0.25) is 9.69 Å². The van der Waals surface area contributed by atoms with E-state index in [2.05, 4.69) is 20.4 Å². The molecular weight excluding hydrogens is 244 g/mol. The Balaban J connectivity index is 1.73. The number of carbonyl (C=O) groups is 1. The van der Waals surface area contributed by atoms with Gasteiger partial charge < -0.3 is 15.6 Å². The normalized spacial score (nSPS) is 17.6. The van der Waals surface area contributed by atoms with Gasteiger partial charge >= 0.3 is 0 Å². The number of piperidine rings is 1. The fourth-order valence-corrected chi connectivity index (χ4v) is 2.23. The second-order valence-corrected chi connectivity index (χ2v) is 4.92. The zero-order chi connectivity index (χ0) is 13.7. The van der Waals surface area contributed by atoms with E-state index in [0.29, 0.717) is 19.1 Å². The summed E-state index contributed by atoms with van der Waals surface area (Å²) in [6, 6.07) is 0.294. The van der Waals surface area contributed by atoms with Crippen molar-refractivity contribution in [1.29, 1.82) is 0 Å². The van der Waals surface area contributed by atoms with Gasteiger partial charge in [0.25, 0.3) is 0 Å². The van der Waals surface area contributed by atoms with Crippen LogP contribution in [-0.4, -0.2) is 51.2 Å². The lowest BCUT2D eigenvalue weighted by atomic mass is 10.1. The van der Waals surface area contributed by atoms with Crippen LogP contribution in [0.15, 0.2) is 6.33 Å². The largest absolute Gasteiger partial charge is 0.348 e. The Morgan fingerprint density at radius 3 is 2.95 bits per heavy atom. The number of hydrogen-bond donors (Lipinski definition) is 2. The summed E-state index contributed by atoms with van der Waals surface area (Å²) < 4.78 is 1.92. The highest BCUT2D eigenvalue weighted by molar-refractivity contribution is 5.77. The summed E-state index contributed by atoms with van der Waals surface area (Å²) >= 11 is 0. The van der Waals surface area contributed by atoms with E-state index in [-0.39, 0.29) is 5.91 Å². The molecule has 3 N–H and O–H groups in total. The van der Waals surface area contributed by atoms with E-state index in [1.54, 1.807) is 6.33 Å². The molecule has 1 aliphatic rings. The summed E-state index contributed by atoms with van der Waals surface area (Å²) in [4.78, 5) is 14.0. The molecule has 106 valence electrons. The van der Waals surface area contributed by atoms with Crippen molar-refractivity contribution in [3.8, 4) is 0 Å². The van der Waals surface area contributed by atoms with Gasteiger partial charge in [0.1, 0.15) is 6.33 Å². The minimum absolute atomic E-state index is 0.0288. The molecule has 1 fully saturated rings. The van der Waals surface area contributed by atoms with E-state index in [4.69, 9.17) is 5.73 Å². The third kappa shape index (κ3) is 4.00. The van der Waals surface area contributed by atoms with Crippen LogP contribution in [0.1, 0.15) is 25.6 Å². The average molecular weight is 266 g/mol. The first kappa shape index (κ1) is 14.0. The van der Waals surface area contributed by atoms with Gasteiger partial charge in [-0.05, 0) is 19.8 Å². The predicted molar refractivity (Wildman–Crippen MR) is 71.2 cm³/mol. The topological polar surface area (TPSA) is 89.1 Å². The van der Waals surface area contributed by atoms with Crippen molar-refractivity contribution in [3.05, 3.63) is 12.2 Å². The van der Waals surface area contributed by atoms with Gasteiger partial charge in [-0.1, -0.05) is 0 Å². The summed E-state index contributed by atoms with van der Waals surface area (Å²) in [5, 5.41) is 10.7. The molecular formula is C12H22N6O. The van der Waals surface area contributed by atoms with E-state index in [1.807, 2.05) is 11.5 Å². The molecule has 0 atom stereocenters. The molecule has 7 nitrogen and oxygen atoms in total. The number of amides is 1. The second-order valence-electron chi connectivity index (χ2n) is 4.92. The Kier molecular flexibility index (Phi) is 4.86. The predicted octanol–water partition coefficient (Wildman–Crippen LogP) is -0.663. The first-order valence-corrected chi connectivity index (χ1v) is 6.80. The number of aryl methyl sites for hydroxylation is 1. The summed E-state index contributed by atoms with van der Waals surface area (Å²) in [5.41, 5.74) is 5.84. The third-order valence-electron chi connectivity index (χ3n) is 3.48. The molecule has 2 rings (SSSR count). The summed E-state index contributed by atoms with van der Waals surface area (Å²) in [6.45, 7) is 5.50. The maximum Gasteiger partial charge on any atom is 0.234 e. The lowest BCUT2D eigenvalue weighted by Gasteiger charge is -2.29. The third-order valence-corrected chi connectivity index (χ3v) is 3.48. The fraction of sp³-hybridized carbons (Fsp3) is 0.750. The highest BCUT2D eigenvalue weighted by Crippen LogP contribution is 2.07. The van der Waals surface area contributed by atoms with Gasteiger partial charge in [-0.2, -0.15) is 0 Å². The smallest absolute Gasteiger partial charge is 0.234 e. The minimum Gasteiger partial charge on any atom is -0.348 e. The van der Waals surface area contributed by atoms with Crippen molar-refractivity contribution in [3.63, 3.8) is 0 Å². The molecule has 7 heteroatoms.